The number of hydrogen-bond donors (Lipinski definition) is 1. The first-order valence-electron chi connectivity index (χ1n) is 8.59. The molecule has 3 rings (SSSR count). The molecule has 0 bridgehead atoms. The lowest BCUT2D eigenvalue weighted by molar-refractivity contribution is 0.102. The highest BCUT2D eigenvalue weighted by atomic mass is 16.1. The molecule has 0 unspecified atom stereocenters. The van der Waals surface area contributed by atoms with E-state index in [9.17, 15) is 4.79 Å². The quantitative estimate of drug-likeness (QED) is 0.744. The Labute approximate surface area is 158 Å². The lowest BCUT2D eigenvalue weighted by Crippen LogP contribution is -2.21. The largest absolute Gasteiger partial charge is 0.321 e. The van der Waals surface area contributed by atoms with E-state index in [0.29, 0.717) is 23.7 Å². The van der Waals surface area contributed by atoms with Gasteiger partial charge in [-0.1, -0.05) is 18.2 Å². The van der Waals surface area contributed by atoms with Crippen molar-refractivity contribution in [1.82, 2.24) is 9.97 Å². The number of hydrogen-bond acceptors (Lipinski definition) is 5. The second-order valence-electron chi connectivity index (χ2n) is 5.97. The first kappa shape index (κ1) is 18.1. The van der Waals surface area contributed by atoms with E-state index in [4.69, 9.17) is 5.26 Å². The zero-order chi connectivity index (χ0) is 19.2. The number of benzene rings is 2. The Morgan fingerprint density at radius 2 is 2.00 bits per heavy atom. The number of nitrogens with one attached hydrogen (secondary N) is 1. The first-order chi connectivity index (χ1) is 13.1. The molecular formula is C21H19N5O. The fourth-order valence-electron chi connectivity index (χ4n) is 2.70. The average Bonchev–Trinajstić information content (AvgIpc) is 2.69. The molecular weight excluding hydrogens is 338 g/mol. The smallest absolute Gasteiger partial charge is 0.274 e. The summed E-state index contributed by atoms with van der Waals surface area (Å²) in [5.41, 5.74) is 3.39. The Morgan fingerprint density at radius 3 is 2.74 bits per heavy atom. The average molecular weight is 357 g/mol. The van der Waals surface area contributed by atoms with Crippen LogP contribution in [-0.4, -0.2) is 22.4 Å². The fraction of sp³-hybridized carbons (Fsp3) is 0.143. The van der Waals surface area contributed by atoms with E-state index >= 15 is 0 Å². The van der Waals surface area contributed by atoms with Crippen molar-refractivity contribution in [1.29, 1.82) is 5.26 Å². The van der Waals surface area contributed by atoms with Crippen LogP contribution in [0.5, 0.6) is 0 Å². The third kappa shape index (κ3) is 4.28. The Kier molecular flexibility index (Phi) is 5.43. The minimum Gasteiger partial charge on any atom is -0.321 e. The molecule has 0 saturated carbocycles. The number of amides is 1. The molecule has 1 N–H and O–H groups in total. The van der Waals surface area contributed by atoms with Crippen molar-refractivity contribution in [3.05, 3.63) is 77.6 Å². The summed E-state index contributed by atoms with van der Waals surface area (Å²) in [6.07, 6.45) is 1.57. The van der Waals surface area contributed by atoms with Crippen LogP contribution in [0.3, 0.4) is 0 Å². The molecule has 0 atom stereocenters. The highest BCUT2D eigenvalue weighted by molar-refractivity contribution is 6.03. The van der Waals surface area contributed by atoms with Gasteiger partial charge in [-0.3, -0.25) is 4.79 Å². The Hall–Kier alpha value is -3.72. The molecule has 1 aromatic heterocycles. The van der Waals surface area contributed by atoms with E-state index in [2.05, 4.69) is 21.4 Å². The van der Waals surface area contributed by atoms with E-state index in [-0.39, 0.29) is 11.6 Å². The van der Waals surface area contributed by atoms with Crippen LogP contribution in [0.15, 0.2) is 60.8 Å². The van der Waals surface area contributed by atoms with Gasteiger partial charge in [0.15, 0.2) is 0 Å². The lowest BCUT2D eigenvalue weighted by Gasteiger charge is -2.21. The minimum absolute atomic E-state index is 0.258. The summed E-state index contributed by atoms with van der Waals surface area (Å²) in [4.78, 5) is 23.3. The monoisotopic (exact) mass is 357 g/mol. The van der Waals surface area contributed by atoms with Gasteiger partial charge in [0.2, 0.25) is 5.95 Å². The summed E-state index contributed by atoms with van der Waals surface area (Å²) in [6, 6.07) is 18.4. The Balaban J connectivity index is 1.85. The molecule has 1 heterocycles. The number of nitriles is 1. The SMILES string of the molecule is CCN(c1cccc(C)c1)c1nccc(C(=O)Nc2cccc(C#N)c2)n1. The van der Waals surface area contributed by atoms with Gasteiger partial charge >= 0.3 is 0 Å². The highest BCUT2D eigenvalue weighted by Gasteiger charge is 2.14. The summed E-state index contributed by atoms with van der Waals surface area (Å²) >= 11 is 0. The van der Waals surface area contributed by atoms with Crippen LogP contribution < -0.4 is 10.2 Å². The molecule has 0 fully saturated rings. The van der Waals surface area contributed by atoms with Crippen LogP contribution in [0.2, 0.25) is 0 Å². The number of aryl methyl sites for hydroxylation is 1. The molecule has 0 saturated heterocycles. The van der Waals surface area contributed by atoms with Gasteiger partial charge in [-0.05, 0) is 55.8 Å². The first-order valence-corrected chi connectivity index (χ1v) is 8.59. The zero-order valence-electron chi connectivity index (χ0n) is 15.2. The van der Waals surface area contributed by atoms with Crippen molar-refractivity contribution < 1.29 is 4.79 Å². The molecule has 0 aliphatic carbocycles. The van der Waals surface area contributed by atoms with E-state index in [1.165, 1.54) is 0 Å². The molecule has 6 nitrogen and oxygen atoms in total. The van der Waals surface area contributed by atoms with Crippen molar-refractivity contribution in [3.8, 4) is 6.07 Å². The predicted octanol–water partition coefficient (Wildman–Crippen LogP) is 4.07. The van der Waals surface area contributed by atoms with Crippen LogP contribution in [0.1, 0.15) is 28.5 Å². The zero-order valence-corrected chi connectivity index (χ0v) is 15.2. The Bertz CT molecular complexity index is 1010. The van der Waals surface area contributed by atoms with Gasteiger partial charge in [-0.25, -0.2) is 9.97 Å². The second kappa shape index (κ2) is 8.11. The lowest BCUT2D eigenvalue weighted by atomic mass is 10.2. The van der Waals surface area contributed by atoms with Crippen LogP contribution in [-0.2, 0) is 0 Å². The number of carbonyl (C=O) groups is 1. The van der Waals surface area contributed by atoms with Crippen molar-refractivity contribution in [3.63, 3.8) is 0 Å². The van der Waals surface area contributed by atoms with Crippen LogP contribution >= 0.6 is 0 Å². The highest BCUT2D eigenvalue weighted by Crippen LogP contribution is 2.22. The molecule has 0 spiro atoms. The maximum Gasteiger partial charge on any atom is 0.274 e. The Morgan fingerprint density at radius 1 is 1.19 bits per heavy atom. The van der Waals surface area contributed by atoms with Gasteiger partial charge in [0.1, 0.15) is 5.69 Å². The van der Waals surface area contributed by atoms with Crippen molar-refractivity contribution in [2.24, 2.45) is 0 Å². The summed E-state index contributed by atoms with van der Waals surface area (Å²) in [6.45, 7) is 4.70. The molecule has 27 heavy (non-hydrogen) atoms. The van der Waals surface area contributed by atoms with Crippen LogP contribution in [0.25, 0.3) is 0 Å². The summed E-state index contributed by atoms with van der Waals surface area (Å²) in [5, 5.41) is 11.7. The van der Waals surface area contributed by atoms with E-state index in [1.807, 2.05) is 43.0 Å². The van der Waals surface area contributed by atoms with Gasteiger partial charge in [0, 0.05) is 24.1 Å². The maximum absolute atomic E-state index is 12.6. The molecule has 2 aromatic carbocycles. The summed E-state index contributed by atoms with van der Waals surface area (Å²) in [7, 11) is 0. The number of rotatable bonds is 5. The molecule has 6 heteroatoms. The molecule has 134 valence electrons. The summed E-state index contributed by atoms with van der Waals surface area (Å²) in [5.74, 6) is 0.107. The van der Waals surface area contributed by atoms with Gasteiger partial charge in [-0.2, -0.15) is 5.26 Å². The number of nitrogens with zero attached hydrogens (tertiary/aromatic N) is 4. The second-order valence-corrected chi connectivity index (χ2v) is 5.97. The van der Waals surface area contributed by atoms with Gasteiger partial charge < -0.3 is 10.2 Å². The van der Waals surface area contributed by atoms with E-state index in [0.717, 1.165) is 11.3 Å². The molecule has 1 amide bonds. The number of aromatic nitrogens is 2. The number of anilines is 3. The predicted molar refractivity (Wildman–Crippen MR) is 105 cm³/mol. The third-order valence-electron chi connectivity index (χ3n) is 4.00. The topological polar surface area (TPSA) is 81.9 Å². The standard InChI is InChI=1S/C21H19N5O/c1-3-26(18-9-4-6-15(2)12-18)21-23-11-10-19(25-21)20(27)24-17-8-5-7-16(13-17)14-22/h4-13H,3H2,1-2H3,(H,24,27). The van der Waals surface area contributed by atoms with Crippen molar-refractivity contribution >= 4 is 23.2 Å². The van der Waals surface area contributed by atoms with Crippen molar-refractivity contribution in [2.45, 2.75) is 13.8 Å². The third-order valence-corrected chi connectivity index (χ3v) is 4.00. The van der Waals surface area contributed by atoms with Crippen LogP contribution in [0.4, 0.5) is 17.3 Å². The molecule has 0 aliphatic rings. The van der Waals surface area contributed by atoms with Crippen molar-refractivity contribution in [2.75, 3.05) is 16.8 Å². The summed E-state index contributed by atoms with van der Waals surface area (Å²) < 4.78 is 0. The maximum atomic E-state index is 12.6. The van der Waals surface area contributed by atoms with E-state index in [1.54, 1.807) is 36.5 Å². The minimum atomic E-state index is -0.353. The normalized spacial score (nSPS) is 10.1. The fourth-order valence-corrected chi connectivity index (χ4v) is 2.70. The molecule has 0 aliphatic heterocycles. The number of carbonyl (C=O) groups excluding carboxylic acids is 1. The molecule has 3 aromatic rings. The van der Waals surface area contributed by atoms with Crippen LogP contribution in [0, 0.1) is 18.3 Å². The van der Waals surface area contributed by atoms with Gasteiger partial charge in [0.25, 0.3) is 5.91 Å². The van der Waals surface area contributed by atoms with Gasteiger partial charge in [0.05, 0.1) is 11.6 Å². The molecule has 0 radical (unpaired) electrons. The van der Waals surface area contributed by atoms with Gasteiger partial charge in [-0.15, -0.1) is 0 Å². The van der Waals surface area contributed by atoms with E-state index < -0.39 is 0 Å².